The molecule has 3 heterocycles. The van der Waals surface area contributed by atoms with Crippen molar-refractivity contribution in [2.45, 2.75) is 37.7 Å². The van der Waals surface area contributed by atoms with Crippen molar-refractivity contribution >= 4 is 22.9 Å². The molecule has 0 saturated carbocycles. The van der Waals surface area contributed by atoms with E-state index in [0.717, 1.165) is 18.3 Å². The van der Waals surface area contributed by atoms with Crippen LogP contribution in [0.15, 0.2) is 5.38 Å². The molecule has 0 N–H and O–H groups in total. The molecular formula is C13H20ClN3S. The van der Waals surface area contributed by atoms with Crippen molar-refractivity contribution in [1.82, 2.24) is 14.8 Å². The van der Waals surface area contributed by atoms with Crippen molar-refractivity contribution < 1.29 is 0 Å². The SMILES string of the molecule is ClCc1csc(CN2CCCN3CCCC3C2)n1. The van der Waals surface area contributed by atoms with Crippen molar-refractivity contribution in [3.8, 4) is 0 Å². The second kappa shape index (κ2) is 5.87. The van der Waals surface area contributed by atoms with Crippen LogP contribution in [0.25, 0.3) is 0 Å². The van der Waals surface area contributed by atoms with E-state index in [0.29, 0.717) is 5.88 Å². The number of nitrogens with zero attached hydrogens (tertiary/aromatic N) is 3. The van der Waals surface area contributed by atoms with Crippen LogP contribution in [0.1, 0.15) is 30.0 Å². The van der Waals surface area contributed by atoms with Gasteiger partial charge in [0.2, 0.25) is 0 Å². The lowest BCUT2D eigenvalue weighted by molar-refractivity contribution is 0.215. The molecule has 1 atom stereocenters. The van der Waals surface area contributed by atoms with Crippen LogP contribution in [0, 0.1) is 0 Å². The fraction of sp³-hybridized carbons (Fsp3) is 0.769. The molecule has 0 bridgehead atoms. The van der Waals surface area contributed by atoms with Gasteiger partial charge in [-0.2, -0.15) is 0 Å². The highest BCUT2D eigenvalue weighted by Crippen LogP contribution is 2.23. The number of alkyl halides is 1. The molecule has 0 amide bonds. The Hall–Kier alpha value is -0.160. The molecule has 2 fully saturated rings. The van der Waals surface area contributed by atoms with Crippen molar-refractivity contribution in [1.29, 1.82) is 0 Å². The Morgan fingerprint density at radius 3 is 3.06 bits per heavy atom. The average molecular weight is 286 g/mol. The van der Waals surface area contributed by atoms with E-state index in [1.165, 1.54) is 50.4 Å². The Morgan fingerprint density at radius 1 is 1.33 bits per heavy atom. The van der Waals surface area contributed by atoms with Crippen LogP contribution in [-0.4, -0.2) is 47.0 Å². The summed E-state index contributed by atoms with van der Waals surface area (Å²) in [6.07, 6.45) is 4.05. The van der Waals surface area contributed by atoms with Crippen LogP contribution < -0.4 is 0 Å². The topological polar surface area (TPSA) is 19.4 Å². The summed E-state index contributed by atoms with van der Waals surface area (Å²) >= 11 is 7.56. The second-order valence-electron chi connectivity index (χ2n) is 5.29. The Morgan fingerprint density at radius 2 is 2.22 bits per heavy atom. The van der Waals surface area contributed by atoms with Crippen LogP contribution >= 0.6 is 22.9 Å². The molecule has 0 aliphatic carbocycles. The van der Waals surface area contributed by atoms with Gasteiger partial charge < -0.3 is 0 Å². The predicted molar refractivity (Wildman–Crippen MR) is 76.2 cm³/mol. The van der Waals surface area contributed by atoms with Crippen molar-refractivity contribution in [2.24, 2.45) is 0 Å². The third-order valence-corrected chi connectivity index (χ3v) is 5.14. The molecule has 3 nitrogen and oxygen atoms in total. The minimum atomic E-state index is 0.535. The Balaban J connectivity index is 1.61. The first kappa shape index (κ1) is 12.9. The van der Waals surface area contributed by atoms with Gasteiger partial charge in [0.15, 0.2) is 0 Å². The van der Waals surface area contributed by atoms with Gasteiger partial charge in [-0.25, -0.2) is 4.98 Å². The lowest BCUT2D eigenvalue weighted by Gasteiger charge is -2.24. The van der Waals surface area contributed by atoms with Gasteiger partial charge in [0.05, 0.1) is 18.1 Å². The molecule has 0 spiro atoms. The highest BCUT2D eigenvalue weighted by atomic mass is 35.5. The van der Waals surface area contributed by atoms with E-state index in [4.69, 9.17) is 11.6 Å². The number of halogens is 1. The van der Waals surface area contributed by atoms with E-state index in [1.54, 1.807) is 11.3 Å². The number of fused-ring (bicyclic) bond motifs is 1. The fourth-order valence-electron chi connectivity index (χ4n) is 3.10. The summed E-state index contributed by atoms with van der Waals surface area (Å²) in [6.45, 7) is 6.03. The van der Waals surface area contributed by atoms with Crippen LogP contribution in [0.2, 0.25) is 0 Å². The molecule has 2 saturated heterocycles. The predicted octanol–water partition coefficient (Wildman–Crippen LogP) is 2.55. The van der Waals surface area contributed by atoms with Gasteiger partial charge in [0.1, 0.15) is 5.01 Å². The first-order valence-corrected chi connectivity index (χ1v) is 8.22. The lowest BCUT2D eigenvalue weighted by Crippen LogP contribution is -2.36. The summed E-state index contributed by atoms with van der Waals surface area (Å²) in [5.41, 5.74) is 1.02. The van der Waals surface area contributed by atoms with Gasteiger partial charge in [-0.05, 0) is 38.9 Å². The maximum absolute atomic E-state index is 5.81. The number of hydrogen-bond donors (Lipinski definition) is 0. The molecule has 5 heteroatoms. The van der Waals surface area contributed by atoms with Crippen LogP contribution in [0.5, 0.6) is 0 Å². The average Bonchev–Trinajstić information content (AvgIpc) is 2.96. The molecule has 0 radical (unpaired) electrons. The normalized spacial score (nSPS) is 26.2. The zero-order valence-electron chi connectivity index (χ0n) is 10.6. The van der Waals surface area contributed by atoms with E-state index in [1.807, 2.05) is 0 Å². The van der Waals surface area contributed by atoms with Gasteiger partial charge in [-0.1, -0.05) is 0 Å². The number of thiazole rings is 1. The molecule has 3 rings (SSSR count). The quantitative estimate of drug-likeness (QED) is 0.796. The molecule has 1 aromatic heterocycles. The maximum Gasteiger partial charge on any atom is 0.107 e. The standard InChI is InChI=1S/C13H20ClN3S/c14-7-11-10-18-13(15-11)9-16-4-2-6-17-5-1-3-12(17)8-16/h10,12H,1-9H2. The van der Waals surface area contributed by atoms with Crippen LogP contribution in [0.4, 0.5) is 0 Å². The molecule has 2 aliphatic heterocycles. The third kappa shape index (κ3) is 2.87. The molecule has 18 heavy (non-hydrogen) atoms. The summed E-state index contributed by atoms with van der Waals surface area (Å²) in [5.74, 6) is 0.535. The van der Waals surface area contributed by atoms with E-state index in [-0.39, 0.29) is 0 Å². The zero-order valence-corrected chi connectivity index (χ0v) is 12.2. The smallest absolute Gasteiger partial charge is 0.107 e. The van der Waals surface area contributed by atoms with E-state index >= 15 is 0 Å². The van der Waals surface area contributed by atoms with E-state index in [2.05, 4.69) is 20.2 Å². The molecule has 0 aromatic carbocycles. The molecule has 1 unspecified atom stereocenters. The highest BCUT2D eigenvalue weighted by Gasteiger charge is 2.28. The van der Waals surface area contributed by atoms with Gasteiger partial charge in [0.25, 0.3) is 0 Å². The molecule has 100 valence electrons. The maximum atomic E-state index is 5.81. The summed E-state index contributed by atoms with van der Waals surface area (Å²) in [6, 6.07) is 0.792. The first-order chi connectivity index (χ1) is 8.85. The summed E-state index contributed by atoms with van der Waals surface area (Å²) in [5, 5.41) is 3.30. The Kier molecular flexibility index (Phi) is 4.19. The van der Waals surface area contributed by atoms with Gasteiger partial charge in [0, 0.05) is 18.0 Å². The van der Waals surface area contributed by atoms with E-state index < -0.39 is 0 Å². The summed E-state index contributed by atoms with van der Waals surface area (Å²) in [4.78, 5) is 9.82. The van der Waals surface area contributed by atoms with Crippen LogP contribution in [-0.2, 0) is 12.4 Å². The third-order valence-electron chi connectivity index (χ3n) is 3.98. The zero-order chi connectivity index (χ0) is 12.4. The Labute approximate surface area is 118 Å². The Bertz CT molecular complexity index is 395. The van der Waals surface area contributed by atoms with Gasteiger partial charge in [-0.3, -0.25) is 9.80 Å². The summed E-state index contributed by atoms with van der Waals surface area (Å²) in [7, 11) is 0. The van der Waals surface area contributed by atoms with Crippen molar-refractivity contribution in [3.63, 3.8) is 0 Å². The monoisotopic (exact) mass is 285 g/mol. The van der Waals surface area contributed by atoms with Gasteiger partial charge >= 0.3 is 0 Å². The number of rotatable bonds is 3. The van der Waals surface area contributed by atoms with Gasteiger partial charge in [-0.15, -0.1) is 22.9 Å². The van der Waals surface area contributed by atoms with Crippen LogP contribution in [0.3, 0.4) is 0 Å². The lowest BCUT2D eigenvalue weighted by atomic mass is 10.2. The number of aromatic nitrogens is 1. The minimum Gasteiger partial charge on any atom is -0.299 e. The largest absolute Gasteiger partial charge is 0.299 e. The minimum absolute atomic E-state index is 0.535. The fourth-order valence-corrected chi connectivity index (χ4v) is 4.16. The second-order valence-corrected chi connectivity index (χ2v) is 6.50. The highest BCUT2D eigenvalue weighted by molar-refractivity contribution is 7.09. The first-order valence-electron chi connectivity index (χ1n) is 6.81. The van der Waals surface area contributed by atoms with E-state index in [9.17, 15) is 0 Å². The molecular weight excluding hydrogens is 266 g/mol. The summed E-state index contributed by atoms with van der Waals surface area (Å²) < 4.78 is 0. The molecule has 1 aromatic rings. The molecule has 2 aliphatic rings. The van der Waals surface area contributed by atoms with Crippen molar-refractivity contribution in [2.75, 3.05) is 26.2 Å². The van der Waals surface area contributed by atoms with Crippen molar-refractivity contribution in [3.05, 3.63) is 16.1 Å². The number of hydrogen-bond acceptors (Lipinski definition) is 4.